The minimum Gasteiger partial charge on any atom is -0.473 e. The summed E-state index contributed by atoms with van der Waals surface area (Å²) in [6.07, 6.45) is 4.03. The molecule has 2 fully saturated rings. The van der Waals surface area contributed by atoms with Crippen molar-refractivity contribution in [1.29, 1.82) is 0 Å². The second-order valence-corrected chi connectivity index (χ2v) is 7.97. The van der Waals surface area contributed by atoms with Crippen molar-refractivity contribution in [3.05, 3.63) is 42.7 Å². The lowest BCUT2D eigenvalue weighted by Gasteiger charge is -2.29. The first kappa shape index (κ1) is 18.9. The van der Waals surface area contributed by atoms with E-state index < -0.39 is 0 Å². The molecular formula is C22H26N6O2. The smallest absolute Gasteiger partial charge is 0.240 e. The molecule has 8 nitrogen and oxygen atoms in total. The average Bonchev–Trinajstić information content (AvgIpc) is 3.43. The van der Waals surface area contributed by atoms with E-state index >= 15 is 0 Å². The molecule has 156 valence electrons. The normalized spacial score (nSPS) is 20.4. The summed E-state index contributed by atoms with van der Waals surface area (Å²) in [5.41, 5.74) is 3.87. The number of aromatic nitrogens is 3. The van der Waals surface area contributed by atoms with Crippen molar-refractivity contribution in [1.82, 2.24) is 25.2 Å². The van der Waals surface area contributed by atoms with Crippen molar-refractivity contribution in [2.75, 3.05) is 37.6 Å². The Balaban J connectivity index is 1.41. The molecule has 3 aromatic rings. The van der Waals surface area contributed by atoms with Crippen LogP contribution in [0.15, 0.2) is 42.7 Å². The number of nitrogens with zero attached hydrogens (tertiary/aromatic N) is 4. The number of carbonyl (C=O) groups is 1. The van der Waals surface area contributed by atoms with Gasteiger partial charge in [0.2, 0.25) is 11.8 Å². The SMILES string of the molecule is CC(Oc1nc(-c2ccc(N3CCNCC3)cc2)cn2nccc12)C1CNC(=O)C1. The number of fused-ring (bicyclic) bond motifs is 1. The van der Waals surface area contributed by atoms with Crippen LogP contribution in [0.1, 0.15) is 13.3 Å². The standard InChI is InChI=1S/C22H26N6O2/c1-15(17-12-21(29)24-13-17)30-22-20-6-7-25-28(20)14-19(26-22)16-2-4-18(5-3-16)27-10-8-23-9-11-27/h2-7,14-15,17,23H,8-13H2,1H3,(H,24,29). The van der Waals surface area contributed by atoms with Gasteiger partial charge in [-0.15, -0.1) is 0 Å². The van der Waals surface area contributed by atoms with Crippen LogP contribution in [0.3, 0.4) is 0 Å². The van der Waals surface area contributed by atoms with Gasteiger partial charge in [-0.3, -0.25) is 4.79 Å². The Morgan fingerprint density at radius 2 is 1.97 bits per heavy atom. The lowest BCUT2D eigenvalue weighted by atomic mass is 10.0. The highest BCUT2D eigenvalue weighted by Crippen LogP contribution is 2.28. The summed E-state index contributed by atoms with van der Waals surface area (Å²) in [4.78, 5) is 18.7. The molecule has 0 saturated carbocycles. The highest BCUT2D eigenvalue weighted by atomic mass is 16.5. The fourth-order valence-electron chi connectivity index (χ4n) is 4.12. The van der Waals surface area contributed by atoms with E-state index in [-0.39, 0.29) is 17.9 Å². The lowest BCUT2D eigenvalue weighted by Crippen LogP contribution is -2.43. The van der Waals surface area contributed by atoms with E-state index in [2.05, 4.69) is 44.9 Å². The molecule has 2 atom stereocenters. The van der Waals surface area contributed by atoms with Crippen LogP contribution in [0.5, 0.6) is 5.88 Å². The molecule has 4 heterocycles. The van der Waals surface area contributed by atoms with Crippen LogP contribution in [0.4, 0.5) is 5.69 Å². The van der Waals surface area contributed by atoms with E-state index in [1.165, 1.54) is 5.69 Å². The molecule has 0 radical (unpaired) electrons. The number of nitrogens with one attached hydrogen (secondary N) is 2. The summed E-state index contributed by atoms with van der Waals surface area (Å²) >= 11 is 0. The Morgan fingerprint density at radius 3 is 2.70 bits per heavy atom. The van der Waals surface area contributed by atoms with E-state index in [0.29, 0.717) is 18.8 Å². The summed E-state index contributed by atoms with van der Waals surface area (Å²) in [6.45, 7) is 6.70. The Hall–Kier alpha value is -3.13. The first-order chi connectivity index (χ1) is 14.7. The van der Waals surface area contributed by atoms with Gasteiger partial charge in [-0.25, -0.2) is 9.50 Å². The predicted molar refractivity (Wildman–Crippen MR) is 115 cm³/mol. The van der Waals surface area contributed by atoms with E-state index in [4.69, 9.17) is 9.72 Å². The van der Waals surface area contributed by atoms with Gasteiger partial charge < -0.3 is 20.3 Å². The Bertz CT molecular complexity index is 1040. The van der Waals surface area contributed by atoms with Gasteiger partial charge in [-0.2, -0.15) is 5.10 Å². The van der Waals surface area contributed by atoms with Crippen molar-refractivity contribution in [3.8, 4) is 17.1 Å². The molecule has 2 saturated heterocycles. The number of carbonyl (C=O) groups excluding carboxylic acids is 1. The lowest BCUT2D eigenvalue weighted by molar-refractivity contribution is -0.119. The van der Waals surface area contributed by atoms with Crippen molar-refractivity contribution in [2.24, 2.45) is 5.92 Å². The molecule has 0 bridgehead atoms. The number of ether oxygens (including phenoxy) is 1. The van der Waals surface area contributed by atoms with E-state index in [9.17, 15) is 4.79 Å². The molecule has 5 rings (SSSR count). The second-order valence-electron chi connectivity index (χ2n) is 7.97. The molecule has 2 aliphatic rings. The molecule has 0 spiro atoms. The third-order valence-electron chi connectivity index (χ3n) is 5.97. The molecular weight excluding hydrogens is 380 g/mol. The topological polar surface area (TPSA) is 83.8 Å². The summed E-state index contributed by atoms with van der Waals surface area (Å²) < 4.78 is 8.02. The zero-order chi connectivity index (χ0) is 20.5. The molecule has 2 N–H and O–H groups in total. The zero-order valence-electron chi connectivity index (χ0n) is 17.0. The molecule has 0 aliphatic carbocycles. The first-order valence-electron chi connectivity index (χ1n) is 10.5. The van der Waals surface area contributed by atoms with Crippen LogP contribution < -0.4 is 20.3 Å². The molecule has 1 amide bonds. The molecule has 2 unspecified atom stereocenters. The zero-order valence-corrected chi connectivity index (χ0v) is 17.0. The number of amides is 1. The number of anilines is 1. The highest BCUT2D eigenvalue weighted by molar-refractivity contribution is 5.78. The summed E-state index contributed by atoms with van der Waals surface area (Å²) in [5, 5.41) is 10.6. The Labute approximate surface area is 175 Å². The quantitative estimate of drug-likeness (QED) is 0.671. The van der Waals surface area contributed by atoms with Crippen LogP contribution in [0.2, 0.25) is 0 Å². The van der Waals surface area contributed by atoms with Crippen molar-refractivity contribution in [2.45, 2.75) is 19.4 Å². The van der Waals surface area contributed by atoms with E-state index in [0.717, 1.165) is 43.0 Å². The van der Waals surface area contributed by atoms with Crippen molar-refractivity contribution in [3.63, 3.8) is 0 Å². The third-order valence-corrected chi connectivity index (χ3v) is 5.97. The fraction of sp³-hybridized carbons (Fsp3) is 0.409. The van der Waals surface area contributed by atoms with Gasteiger partial charge in [0, 0.05) is 56.3 Å². The maximum Gasteiger partial charge on any atom is 0.240 e. The molecule has 1 aromatic carbocycles. The van der Waals surface area contributed by atoms with Gasteiger partial charge in [-0.1, -0.05) is 12.1 Å². The van der Waals surface area contributed by atoms with Gasteiger partial charge in [0.05, 0.1) is 18.1 Å². The third kappa shape index (κ3) is 3.70. The van der Waals surface area contributed by atoms with Crippen molar-refractivity contribution < 1.29 is 9.53 Å². The van der Waals surface area contributed by atoms with Gasteiger partial charge in [0.1, 0.15) is 11.6 Å². The van der Waals surface area contributed by atoms with Crippen LogP contribution >= 0.6 is 0 Å². The second kappa shape index (κ2) is 7.95. The number of piperazine rings is 1. The first-order valence-corrected chi connectivity index (χ1v) is 10.5. The molecule has 2 aromatic heterocycles. The van der Waals surface area contributed by atoms with Crippen LogP contribution in [-0.2, 0) is 4.79 Å². The summed E-state index contributed by atoms with van der Waals surface area (Å²) in [6, 6.07) is 10.4. The Kier molecular flexibility index (Phi) is 5.00. The maximum absolute atomic E-state index is 11.6. The van der Waals surface area contributed by atoms with Crippen molar-refractivity contribution >= 4 is 17.1 Å². The van der Waals surface area contributed by atoms with E-state index in [1.54, 1.807) is 10.7 Å². The van der Waals surface area contributed by atoms with E-state index in [1.807, 2.05) is 19.2 Å². The maximum atomic E-state index is 11.6. The van der Waals surface area contributed by atoms with Gasteiger partial charge >= 0.3 is 0 Å². The Morgan fingerprint density at radius 1 is 1.17 bits per heavy atom. The predicted octanol–water partition coefficient (Wildman–Crippen LogP) is 1.71. The van der Waals surface area contributed by atoms with Gasteiger partial charge in [0.15, 0.2) is 0 Å². The van der Waals surface area contributed by atoms with Crippen LogP contribution in [-0.4, -0.2) is 59.3 Å². The van der Waals surface area contributed by atoms with Crippen LogP contribution in [0.25, 0.3) is 16.8 Å². The number of rotatable bonds is 5. The average molecular weight is 406 g/mol. The summed E-state index contributed by atoms with van der Waals surface area (Å²) in [7, 11) is 0. The molecule has 2 aliphatic heterocycles. The minimum absolute atomic E-state index is 0.0798. The van der Waals surface area contributed by atoms with Gasteiger partial charge in [0.25, 0.3) is 0 Å². The van der Waals surface area contributed by atoms with Gasteiger partial charge in [-0.05, 0) is 25.1 Å². The van der Waals surface area contributed by atoms with Crippen LogP contribution in [0, 0.1) is 5.92 Å². The number of hydrogen-bond acceptors (Lipinski definition) is 6. The largest absolute Gasteiger partial charge is 0.473 e. The number of hydrogen-bond donors (Lipinski definition) is 2. The molecule has 8 heteroatoms. The number of benzene rings is 1. The monoisotopic (exact) mass is 406 g/mol. The fourth-order valence-corrected chi connectivity index (χ4v) is 4.12. The molecule has 30 heavy (non-hydrogen) atoms. The summed E-state index contributed by atoms with van der Waals surface area (Å²) in [5.74, 6) is 0.767. The minimum atomic E-state index is -0.125. The highest BCUT2D eigenvalue weighted by Gasteiger charge is 2.28.